The molecule has 0 aliphatic heterocycles. The van der Waals surface area contributed by atoms with E-state index in [1.165, 1.54) is 12.0 Å². The number of hydrogen-bond donors (Lipinski definition) is 2. The zero-order valence-corrected chi connectivity index (χ0v) is 13.4. The van der Waals surface area contributed by atoms with Gasteiger partial charge < -0.3 is 5.11 Å². The van der Waals surface area contributed by atoms with Crippen molar-refractivity contribution in [2.75, 3.05) is 0 Å². The number of aliphatic hydroxyl groups excluding tert-OH is 1. The molecule has 4 nitrogen and oxygen atoms in total. The Bertz CT molecular complexity index is 651. The van der Waals surface area contributed by atoms with E-state index in [4.69, 9.17) is 0 Å². The van der Waals surface area contributed by atoms with E-state index in [1.807, 2.05) is 26.0 Å². The fraction of sp³-hybridized carbons (Fsp3) is 0.625. The predicted octanol–water partition coefficient (Wildman–Crippen LogP) is 2.00. The zero-order chi connectivity index (χ0) is 15.3. The monoisotopic (exact) mass is 309 g/mol. The summed E-state index contributed by atoms with van der Waals surface area (Å²) in [5.74, 6) is 0. The molecular weight excluding hydrogens is 286 g/mol. The number of rotatable bonds is 3. The molecule has 3 rings (SSSR count). The lowest BCUT2D eigenvalue weighted by atomic mass is 9.65. The lowest BCUT2D eigenvalue weighted by molar-refractivity contribution is -0.0645. The molecule has 2 unspecified atom stereocenters. The molecule has 0 aromatic heterocycles. The smallest absolute Gasteiger partial charge is 0.240 e. The summed E-state index contributed by atoms with van der Waals surface area (Å²) in [5, 5.41) is 9.74. The van der Waals surface area contributed by atoms with E-state index < -0.39 is 21.5 Å². The van der Waals surface area contributed by atoms with Gasteiger partial charge in [-0.1, -0.05) is 19.9 Å². The van der Waals surface area contributed by atoms with Crippen molar-refractivity contribution in [2.24, 2.45) is 5.41 Å². The summed E-state index contributed by atoms with van der Waals surface area (Å²) >= 11 is 0. The third-order valence-corrected chi connectivity index (χ3v) is 6.61. The van der Waals surface area contributed by atoms with E-state index in [0.29, 0.717) is 11.3 Å². The van der Waals surface area contributed by atoms with Crippen LogP contribution in [0, 0.1) is 5.41 Å². The van der Waals surface area contributed by atoms with Gasteiger partial charge in [0.1, 0.15) is 0 Å². The average molecular weight is 309 g/mol. The van der Waals surface area contributed by atoms with Crippen LogP contribution in [-0.4, -0.2) is 25.7 Å². The third kappa shape index (κ3) is 2.62. The summed E-state index contributed by atoms with van der Waals surface area (Å²) in [4.78, 5) is 0.348. The van der Waals surface area contributed by atoms with E-state index >= 15 is 0 Å². The Balaban J connectivity index is 1.82. The number of hydrogen-bond acceptors (Lipinski definition) is 3. The van der Waals surface area contributed by atoms with Crippen LogP contribution in [-0.2, 0) is 22.9 Å². The minimum absolute atomic E-state index is 0.200. The Morgan fingerprint density at radius 1 is 1.19 bits per heavy atom. The van der Waals surface area contributed by atoms with Crippen LogP contribution >= 0.6 is 0 Å². The standard InChI is InChI=1S/C16H23NO3S/c1-16(2)14(10-15(16)18)17-21(19,20)13-8-7-11-5-3-4-6-12(11)9-13/h7-9,14-15,17-18H,3-6,10H2,1-2H3. The highest BCUT2D eigenvalue weighted by atomic mass is 32.2. The summed E-state index contributed by atoms with van der Waals surface area (Å²) in [5.41, 5.74) is 2.04. The molecule has 1 saturated carbocycles. The summed E-state index contributed by atoms with van der Waals surface area (Å²) in [6.07, 6.45) is 4.37. The Hall–Kier alpha value is -0.910. The molecule has 1 fully saturated rings. The average Bonchev–Trinajstić information content (AvgIpc) is 2.46. The normalized spacial score (nSPS) is 27.8. The molecular formula is C16H23NO3S. The van der Waals surface area contributed by atoms with E-state index in [2.05, 4.69) is 4.72 Å². The van der Waals surface area contributed by atoms with E-state index in [0.717, 1.165) is 24.8 Å². The second-order valence-corrected chi connectivity index (χ2v) is 8.60. The molecule has 2 atom stereocenters. The first-order valence-corrected chi connectivity index (χ1v) is 9.11. The number of sulfonamides is 1. The van der Waals surface area contributed by atoms with Crippen LogP contribution in [0.25, 0.3) is 0 Å². The summed E-state index contributed by atoms with van der Waals surface area (Å²) in [6, 6.07) is 5.27. The molecule has 5 heteroatoms. The number of nitrogens with one attached hydrogen (secondary N) is 1. The predicted molar refractivity (Wildman–Crippen MR) is 81.6 cm³/mol. The minimum atomic E-state index is -3.51. The van der Waals surface area contributed by atoms with Gasteiger partial charge in [0.25, 0.3) is 0 Å². The molecule has 21 heavy (non-hydrogen) atoms. The lowest BCUT2D eigenvalue weighted by Gasteiger charge is -2.49. The topological polar surface area (TPSA) is 66.4 Å². The van der Waals surface area contributed by atoms with Gasteiger partial charge in [-0.3, -0.25) is 0 Å². The van der Waals surface area contributed by atoms with E-state index in [1.54, 1.807) is 6.07 Å². The van der Waals surface area contributed by atoms with Crippen LogP contribution in [0.2, 0.25) is 0 Å². The largest absolute Gasteiger partial charge is 0.392 e. The molecule has 0 spiro atoms. The van der Waals surface area contributed by atoms with Gasteiger partial charge in [0.15, 0.2) is 0 Å². The molecule has 1 aromatic carbocycles. The van der Waals surface area contributed by atoms with Crippen molar-refractivity contribution < 1.29 is 13.5 Å². The van der Waals surface area contributed by atoms with Crippen molar-refractivity contribution in [2.45, 2.75) is 63.0 Å². The van der Waals surface area contributed by atoms with Crippen molar-refractivity contribution in [1.29, 1.82) is 0 Å². The Morgan fingerprint density at radius 2 is 1.86 bits per heavy atom. The second-order valence-electron chi connectivity index (χ2n) is 6.88. The van der Waals surface area contributed by atoms with Crippen LogP contribution in [0.4, 0.5) is 0 Å². The van der Waals surface area contributed by atoms with Gasteiger partial charge in [-0.2, -0.15) is 0 Å². The van der Waals surface area contributed by atoms with Crippen LogP contribution in [0.15, 0.2) is 23.1 Å². The number of aliphatic hydroxyl groups is 1. The van der Waals surface area contributed by atoms with Crippen molar-refractivity contribution in [1.82, 2.24) is 4.72 Å². The molecule has 2 aliphatic rings. The Morgan fingerprint density at radius 3 is 2.48 bits per heavy atom. The fourth-order valence-corrected chi connectivity index (χ4v) is 4.69. The fourth-order valence-electron chi connectivity index (χ4n) is 3.23. The summed E-state index contributed by atoms with van der Waals surface area (Å²) in [7, 11) is -3.51. The third-order valence-electron chi connectivity index (χ3n) is 5.14. The quantitative estimate of drug-likeness (QED) is 0.897. The van der Waals surface area contributed by atoms with Crippen LogP contribution in [0.3, 0.4) is 0 Å². The molecule has 2 N–H and O–H groups in total. The maximum Gasteiger partial charge on any atom is 0.240 e. The molecule has 1 aromatic rings. The SMILES string of the molecule is CC1(C)C(O)CC1NS(=O)(=O)c1ccc2c(c1)CCCC2. The van der Waals surface area contributed by atoms with Crippen molar-refractivity contribution in [3.8, 4) is 0 Å². The minimum Gasteiger partial charge on any atom is -0.392 e. The Labute approximate surface area is 126 Å². The van der Waals surface area contributed by atoms with Crippen LogP contribution in [0.5, 0.6) is 0 Å². The van der Waals surface area contributed by atoms with Crippen molar-refractivity contribution in [3.05, 3.63) is 29.3 Å². The van der Waals surface area contributed by atoms with E-state index in [-0.39, 0.29) is 6.04 Å². The zero-order valence-electron chi connectivity index (χ0n) is 12.6. The molecule has 0 heterocycles. The van der Waals surface area contributed by atoms with Gasteiger partial charge in [-0.05, 0) is 55.4 Å². The van der Waals surface area contributed by atoms with Crippen LogP contribution < -0.4 is 4.72 Å². The summed E-state index contributed by atoms with van der Waals surface area (Å²) < 4.78 is 27.8. The molecule has 0 amide bonds. The number of benzene rings is 1. The maximum absolute atomic E-state index is 12.5. The van der Waals surface area contributed by atoms with E-state index in [9.17, 15) is 13.5 Å². The highest BCUT2D eigenvalue weighted by Crippen LogP contribution is 2.41. The second kappa shape index (κ2) is 5.07. The first-order chi connectivity index (χ1) is 9.80. The van der Waals surface area contributed by atoms with Gasteiger partial charge in [0.2, 0.25) is 10.0 Å². The van der Waals surface area contributed by atoms with Gasteiger partial charge in [-0.25, -0.2) is 13.1 Å². The molecule has 0 radical (unpaired) electrons. The van der Waals surface area contributed by atoms with Crippen molar-refractivity contribution >= 4 is 10.0 Å². The highest BCUT2D eigenvalue weighted by molar-refractivity contribution is 7.89. The first-order valence-electron chi connectivity index (χ1n) is 7.63. The van der Waals surface area contributed by atoms with Gasteiger partial charge in [-0.15, -0.1) is 0 Å². The maximum atomic E-state index is 12.5. The molecule has 2 aliphatic carbocycles. The number of fused-ring (bicyclic) bond motifs is 1. The van der Waals surface area contributed by atoms with Gasteiger partial charge in [0.05, 0.1) is 11.0 Å². The molecule has 0 bridgehead atoms. The Kier molecular flexibility index (Phi) is 3.62. The van der Waals surface area contributed by atoms with Gasteiger partial charge in [0, 0.05) is 11.5 Å². The molecule has 116 valence electrons. The van der Waals surface area contributed by atoms with Crippen LogP contribution in [0.1, 0.15) is 44.2 Å². The lowest BCUT2D eigenvalue weighted by Crippen LogP contribution is -2.61. The van der Waals surface area contributed by atoms with Gasteiger partial charge >= 0.3 is 0 Å². The number of aryl methyl sites for hydroxylation is 2. The first kappa shape index (κ1) is 15.0. The molecule has 0 saturated heterocycles. The summed E-state index contributed by atoms with van der Waals surface area (Å²) in [6.45, 7) is 3.78. The van der Waals surface area contributed by atoms with Crippen molar-refractivity contribution in [3.63, 3.8) is 0 Å². The highest BCUT2D eigenvalue weighted by Gasteiger charge is 2.48.